The number of carbonyl (C=O) groups excluding carboxylic acids is 1. The second-order valence-electron chi connectivity index (χ2n) is 6.18. The van der Waals surface area contributed by atoms with E-state index in [1.54, 1.807) is 0 Å². The lowest BCUT2D eigenvalue weighted by atomic mass is 9.90. The smallest absolute Gasteiger partial charge is 0.224 e. The van der Waals surface area contributed by atoms with Gasteiger partial charge < -0.3 is 15.3 Å². The molecule has 1 amide bonds. The standard InChI is InChI=1S/C15H29N3O2/c1-13-4-2-5-16-14(13)12-15(20)18-7-3-6-17(8-9-18)10-11-19/h13-14,16,19H,2-12H2,1H3. The molecule has 2 N–H and O–H groups in total. The number of aliphatic hydroxyl groups is 1. The van der Waals surface area contributed by atoms with E-state index in [9.17, 15) is 4.79 Å². The van der Waals surface area contributed by atoms with Crippen LogP contribution >= 0.6 is 0 Å². The summed E-state index contributed by atoms with van der Waals surface area (Å²) in [6.07, 6.45) is 4.11. The lowest BCUT2D eigenvalue weighted by molar-refractivity contribution is -0.132. The summed E-state index contributed by atoms with van der Waals surface area (Å²) in [4.78, 5) is 16.7. The number of aliphatic hydroxyl groups excluding tert-OH is 1. The Balaban J connectivity index is 1.79. The molecule has 0 aliphatic carbocycles. The number of piperidine rings is 1. The monoisotopic (exact) mass is 283 g/mol. The Morgan fingerprint density at radius 1 is 1.25 bits per heavy atom. The van der Waals surface area contributed by atoms with Gasteiger partial charge in [0.25, 0.3) is 0 Å². The number of hydrogen-bond donors (Lipinski definition) is 2. The van der Waals surface area contributed by atoms with Gasteiger partial charge in [0, 0.05) is 38.6 Å². The van der Waals surface area contributed by atoms with Gasteiger partial charge in [0.2, 0.25) is 5.91 Å². The maximum Gasteiger partial charge on any atom is 0.224 e. The van der Waals surface area contributed by atoms with E-state index in [0.717, 1.165) is 45.7 Å². The number of β-amino-alcohol motifs (C(OH)–C–C–N with tert-alkyl or cyclic N) is 1. The van der Waals surface area contributed by atoms with E-state index in [-0.39, 0.29) is 6.61 Å². The zero-order chi connectivity index (χ0) is 14.4. The molecule has 2 rings (SSSR count). The maximum atomic E-state index is 12.4. The van der Waals surface area contributed by atoms with Gasteiger partial charge >= 0.3 is 0 Å². The van der Waals surface area contributed by atoms with Gasteiger partial charge in [0.15, 0.2) is 0 Å². The highest BCUT2D eigenvalue weighted by Gasteiger charge is 2.26. The molecule has 2 unspecified atom stereocenters. The fourth-order valence-electron chi connectivity index (χ4n) is 3.29. The molecule has 5 nitrogen and oxygen atoms in total. The normalized spacial score (nSPS) is 29.2. The summed E-state index contributed by atoms with van der Waals surface area (Å²) in [6.45, 7) is 7.77. The van der Waals surface area contributed by atoms with Crippen molar-refractivity contribution in [2.24, 2.45) is 5.92 Å². The van der Waals surface area contributed by atoms with Crippen LogP contribution in [0.2, 0.25) is 0 Å². The van der Waals surface area contributed by atoms with E-state index in [4.69, 9.17) is 5.11 Å². The fourth-order valence-corrected chi connectivity index (χ4v) is 3.29. The molecule has 5 heteroatoms. The van der Waals surface area contributed by atoms with E-state index >= 15 is 0 Å². The van der Waals surface area contributed by atoms with Crippen molar-refractivity contribution in [3.05, 3.63) is 0 Å². The first kappa shape index (κ1) is 15.7. The van der Waals surface area contributed by atoms with Gasteiger partial charge in [-0.05, 0) is 38.3 Å². The number of nitrogens with zero attached hydrogens (tertiary/aromatic N) is 2. The molecule has 0 aromatic heterocycles. The highest BCUT2D eigenvalue weighted by Crippen LogP contribution is 2.19. The molecule has 0 saturated carbocycles. The minimum Gasteiger partial charge on any atom is -0.395 e. The molecule has 2 saturated heterocycles. The number of hydrogen-bond acceptors (Lipinski definition) is 4. The van der Waals surface area contributed by atoms with E-state index in [2.05, 4.69) is 17.1 Å². The molecule has 20 heavy (non-hydrogen) atoms. The third-order valence-electron chi connectivity index (χ3n) is 4.68. The van der Waals surface area contributed by atoms with Crippen LogP contribution in [0.1, 0.15) is 32.6 Å². The molecule has 0 aromatic rings. The molecule has 116 valence electrons. The molecular weight excluding hydrogens is 254 g/mol. The van der Waals surface area contributed by atoms with Crippen LogP contribution in [-0.4, -0.2) is 72.7 Å². The molecule has 0 spiro atoms. The zero-order valence-electron chi connectivity index (χ0n) is 12.7. The lowest BCUT2D eigenvalue weighted by Gasteiger charge is -2.31. The molecule has 0 aromatic carbocycles. The first-order valence-corrected chi connectivity index (χ1v) is 8.05. The number of amides is 1. The van der Waals surface area contributed by atoms with Crippen molar-refractivity contribution < 1.29 is 9.90 Å². The fraction of sp³-hybridized carbons (Fsp3) is 0.933. The summed E-state index contributed by atoms with van der Waals surface area (Å²) in [6, 6.07) is 0.355. The average Bonchev–Trinajstić information content (AvgIpc) is 2.67. The summed E-state index contributed by atoms with van der Waals surface area (Å²) in [5.74, 6) is 0.896. The van der Waals surface area contributed by atoms with Gasteiger partial charge in [0.05, 0.1) is 6.61 Å². The molecule has 2 fully saturated rings. The summed E-state index contributed by atoms with van der Waals surface area (Å²) < 4.78 is 0. The largest absolute Gasteiger partial charge is 0.395 e. The number of nitrogens with one attached hydrogen (secondary N) is 1. The van der Waals surface area contributed by atoms with Crippen molar-refractivity contribution in [1.82, 2.24) is 15.1 Å². The maximum absolute atomic E-state index is 12.4. The summed E-state index contributed by atoms with van der Waals surface area (Å²) in [5.41, 5.74) is 0. The van der Waals surface area contributed by atoms with Crippen LogP contribution in [0, 0.1) is 5.92 Å². The predicted molar refractivity (Wildman–Crippen MR) is 79.5 cm³/mol. The minimum absolute atomic E-state index is 0.206. The topological polar surface area (TPSA) is 55.8 Å². The van der Waals surface area contributed by atoms with Crippen molar-refractivity contribution in [1.29, 1.82) is 0 Å². The number of carbonyl (C=O) groups is 1. The molecule has 0 bridgehead atoms. The van der Waals surface area contributed by atoms with Gasteiger partial charge in [0.1, 0.15) is 0 Å². The van der Waals surface area contributed by atoms with Gasteiger partial charge in [-0.25, -0.2) is 0 Å². The summed E-state index contributed by atoms with van der Waals surface area (Å²) in [5, 5.41) is 12.5. The van der Waals surface area contributed by atoms with Gasteiger partial charge in [-0.15, -0.1) is 0 Å². The quantitative estimate of drug-likeness (QED) is 0.779. The Morgan fingerprint density at radius 2 is 2.10 bits per heavy atom. The predicted octanol–water partition coefficient (Wildman–Crippen LogP) is 0.291. The van der Waals surface area contributed by atoms with Gasteiger partial charge in [-0.3, -0.25) is 9.69 Å². The molecule has 2 aliphatic rings. The van der Waals surface area contributed by atoms with Gasteiger partial charge in [-0.2, -0.15) is 0 Å². The first-order valence-electron chi connectivity index (χ1n) is 8.05. The van der Waals surface area contributed by atoms with E-state index in [0.29, 0.717) is 24.3 Å². The van der Waals surface area contributed by atoms with E-state index < -0.39 is 0 Å². The van der Waals surface area contributed by atoms with Crippen molar-refractivity contribution >= 4 is 5.91 Å². The Labute approximate surface area is 122 Å². The lowest BCUT2D eigenvalue weighted by Crippen LogP contribution is -2.45. The highest BCUT2D eigenvalue weighted by atomic mass is 16.3. The van der Waals surface area contributed by atoms with E-state index in [1.807, 2.05) is 4.90 Å². The van der Waals surface area contributed by atoms with Crippen molar-refractivity contribution in [2.45, 2.75) is 38.6 Å². The van der Waals surface area contributed by atoms with Crippen molar-refractivity contribution in [3.63, 3.8) is 0 Å². The highest BCUT2D eigenvalue weighted by molar-refractivity contribution is 5.77. The molecule has 2 atom stereocenters. The van der Waals surface area contributed by atoms with Crippen molar-refractivity contribution in [3.8, 4) is 0 Å². The van der Waals surface area contributed by atoms with Crippen LogP contribution in [0.5, 0.6) is 0 Å². The van der Waals surface area contributed by atoms with Crippen LogP contribution in [0.3, 0.4) is 0 Å². The van der Waals surface area contributed by atoms with Crippen LogP contribution < -0.4 is 5.32 Å². The Bertz CT molecular complexity index is 311. The second-order valence-corrected chi connectivity index (χ2v) is 6.18. The van der Waals surface area contributed by atoms with Crippen LogP contribution in [0.4, 0.5) is 0 Å². The van der Waals surface area contributed by atoms with Crippen LogP contribution in [0.25, 0.3) is 0 Å². The first-order chi connectivity index (χ1) is 9.70. The molecule has 0 radical (unpaired) electrons. The van der Waals surface area contributed by atoms with Gasteiger partial charge in [-0.1, -0.05) is 6.92 Å². The number of rotatable bonds is 4. The van der Waals surface area contributed by atoms with Crippen LogP contribution in [0.15, 0.2) is 0 Å². The molecular formula is C15H29N3O2. The molecule has 2 aliphatic heterocycles. The van der Waals surface area contributed by atoms with Crippen molar-refractivity contribution in [2.75, 3.05) is 45.9 Å². The van der Waals surface area contributed by atoms with Crippen LogP contribution in [-0.2, 0) is 4.79 Å². The molecule has 2 heterocycles. The summed E-state index contributed by atoms with van der Waals surface area (Å²) in [7, 11) is 0. The Morgan fingerprint density at radius 3 is 2.85 bits per heavy atom. The third kappa shape index (κ3) is 4.43. The zero-order valence-corrected chi connectivity index (χ0v) is 12.7. The Kier molecular flexibility index (Phi) is 6.26. The Hall–Kier alpha value is -0.650. The second kappa shape index (κ2) is 7.96. The third-order valence-corrected chi connectivity index (χ3v) is 4.68. The average molecular weight is 283 g/mol. The SMILES string of the molecule is CC1CCCNC1CC(=O)N1CCCN(CCO)CC1. The minimum atomic E-state index is 0.206. The summed E-state index contributed by atoms with van der Waals surface area (Å²) >= 11 is 0. The van der Waals surface area contributed by atoms with E-state index in [1.165, 1.54) is 12.8 Å².